The lowest BCUT2D eigenvalue weighted by molar-refractivity contribution is 0.0924. The quantitative estimate of drug-likeness (QED) is 0.759. The first-order valence-electron chi connectivity index (χ1n) is 5.09. The van der Waals surface area contributed by atoms with E-state index in [1.807, 2.05) is 0 Å². The van der Waals surface area contributed by atoms with Crippen molar-refractivity contribution in [2.75, 3.05) is 11.5 Å². The van der Waals surface area contributed by atoms with Crippen molar-refractivity contribution in [2.24, 2.45) is 5.92 Å². The molecule has 1 aromatic carbocycles. The molecule has 2 rings (SSSR count). The van der Waals surface area contributed by atoms with Gasteiger partial charge in [-0.05, 0) is 18.6 Å². The molecule has 0 amide bonds. The van der Waals surface area contributed by atoms with Crippen molar-refractivity contribution < 1.29 is 22.0 Å². The van der Waals surface area contributed by atoms with Crippen LogP contribution in [0.2, 0.25) is 0 Å². The van der Waals surface area contributed by atoms with Gasteiger partial charge in [-0.15, -0.1) is 0 Å². The van der Waals surface area contributed by atoms with Crippen molar-refractivity contribution in [2.45, 2.75) is 6.42 Å². The summed E-state index contributed by atoms with van der Waals surface area (Å²) in [5.41, 5.74) is -0.630. The minimum Gasteiger partial charge on any atom is -0.294 e. The number of hydrogen-bond acceptors (Lipinski definition) is 3. The zero-order valence-corrected chi connectivity index (χ0v) is 9.64. The molecule has 17 heavy (non-hydrogen) atoms. The molecule has 0 N–H and O–H groups in total. The molecule has 0 radical (unpaired) electrons. The third kappa shape index (κ3) is 2.36. The highest BCUT2D eigenvalue weighted by Gasteiger charge is 2.35. The molecule has 1 aliphatic rings. The SMILES string of the molecule is O=C(c1c(F)cccc1F)C1CCS(=O)(=O)C1. The first-order valence-corrected chi connectivity index (χ1v) is 6.91. The standard InChI is InChI=1S/C11H10F2O3S/c12-8-2-1-3-9(13)10(8)11(14)7-4-5-17(15,16)6-7/h1-3,7H,4-6H2. The summed E-state index contributed by atoms with van der Waals surface area (Å²) in [7, 11) is -3.24. The molecule has 0 bridgehead atoms. The average molecular weight is 260 g/mol. The van der Waals surface area contributed by atoms with Crippen LogP contribution in [0.4, 0.5) is 8.78 Å². The van der Waals surface area contributed by atoms with Crippen LogP contribution in [0.25, 0.3) is 0 Å². The molecule has 1 unspecified atom stereocenters. The zero-order valence-electron chi connectivity index (χ0n) is 8.82. The third-order valence-corrected chi connectivity index (χ3v) is 4.58. The summed E-state index contributed by atoms with van der Waals surface area (Å²) in [6.07, 6.45) is 0.134. The molecule has 1 saturated heterocycles. The smallest absolute Gasteiger partial charge is 0.172 e. The first-order chi connectivity index (χ1) is 7.91. The Balaban J connectivity index is 2.33. The number of benzene rings is 1. The van der Waals surface area contributed by atoms with Gasteiger partial charge in [-0.1, -0.05) is 6.07 Å². The second-order valence-electron chi connectivity index (χ2n) is 4.06. The molecule has 1 fully saturated rings. The number of carbonyl (C=O) groups is 1. The van der Waals surface area contributed by atoms with Crippen molar-refractivity contribution in [3.05, 3.63) is 35.4 Å². The largest absolute Gasteiger partial charge is 0.294 e. The lowest BCUT2D eigenvalue weighted by atomic mass is 9.96. The Morgan fingerprint density at radius 3 is 2.29 bits per heavy atom. The molecule has 92 valence electrons. The molecule has 1 atom stereocenters. The molecule has 1 aromatic rings. The van der Waals surface area contributed by atoms with Gasteiger partial charge in [0.25, 0.3) is 0 Å². The van der Waals surface area contributed by atoms with Crippen LogP contribution in [0.3, 0.4) is 0 Å². The second-order valence-corrected chi connectivity index (χ2v) is 6.29. The van der Waals surface area contributed by atoms with E-state index >= 15 is 0 Å². The fourth-order valence-corrected chi connectivity index (χ4v) is 3.68. The number of rotatable bonds is 2. The second kappa shape index (κ2) is 4.18. The molecule has 3 nitrogen and oxygen atoms in total. The number of Topliss-reactive ketones (excluding diaryl/α,β-unsaturated/α-hetero) is 1. The molecule has 0 aromatic heterocycles. The van der Waals surface area contributed by atoms with Gasteiger partial charge < -0.3 is 0 Å². The van der Waals surface area contributed by atoms with Crippen LogP contribution in [0.1, 0.15) is 16.8 Å². The number of hydrogen-bond donors (Lipinski definition) is 0. The van der Waals surface area contributed by atoms with Gasteiger partial charge in [-0.25, -0.2) is 17.2 Å². The maximum atomic E-state index is 13.3. The Bertz CT molecular complexity index is 546. The van der Waals surface area contributed by atoms with E-state index in [1.54, 1.807) is 0 Å². The summed E-state index contributed by atoms with van der Waals surface area (Å²) in [4.78, 5) is 11.8. The summed E-state index contributed by atoms with van der Waals surface area (Å²) in [5.74, 6) is -3.90. The van der Waals surface area contributed by atoms with Gasteiger partial charge in [0.2, 0.25) is 0 Å². The lowest BCUT2D eigenvalue weighted by Crippen LogP contribution is -2.19. The van der Waals surface area contributed by atoms with Gasteiger partial charge in [0.15, 0.2) is 15.6 Å². The molecule has 1 heterocycles. The van der Waals surface area contributed by atoms with Crippen LogP contribution >= 0.6 is 0 Å². The number of sulfone groups is 1. The predicted molar refractivity (Wildman–Crippen MR) is 57.4 cm³/mol. The highest BCUT2D eigenvalue weighted by molar-refractivity contribution is 7.91. The number of halogens is 2. The van der Waals surface area contributed by atoms with Crippen molar-refractivity contribution in [1.29, 1.82) is 0 Å². The van der Waals surface area contributed by atoms with Crippen LogP contribution in [0.5, 0.6) is 0 Å². The third-order valence-electron chi connectivity index (χ3n) is 2.81. The summed E-state index contributed by atoms with van der Waals surface area (Å²) in [6.45, 7) is 0. The van der Waals surface area contributed by atoms with E-state index in [4.69, 9.17) is 0 Å². The average Bonchev–Trinajstić information content (AvgIpc) is 2.58. The molecular formula is C11H10F2O3S. The van der Waals surface area contributed by atoms with Crippen molar-refractivity contribution >= 4 is 15.6 Å². The molecular weight excluding hydrogens is 250 g/mol. The maximum Gasteiger partial charge on any atom is 0.172 e. The summed E-state index contributed by atoms with van der Waals surface area (Å²) in [5, 5.41) is 0. The minimum absolute atomic E-state index is 0.0977. The Labute approximate surface area is 97.4 Å². The van der Waals surface area contributed by atoms with Crippen LogP contribution in [-0.4, -0.2) is 25.7 Å². The van der Waals surface area contributed by atoms with Crippen LogP contribution < -0.4 is 0 Å². The van der Waals surface area contributed by atoms with Gasteiger partial charge in [0.05, 0.1) is 17.1 Å². The fourth-order valence-electron chi connectivity index (χ4n) is 1.94. The number of ketones is 1. The van der Waals surface area contributed by atoms with Crippen LogP contribution in [0, 0.1) is 17.6 Å². The maximum absolute atomic E-state index is 13.3. The van der Waals surface area contributed by atoms with Gasteiger partial charge in [-0.2, -0.15) is 0 Å². The topological polar surface area (TPSA) is 51.2 Å². The molecule has 0 saturated carbocycles. The lowest BCUT2D eigenvalue weighted by Gasteiger charge is -2.08. The predicted octanol–water partition coefficient (Wildman–Crippen LogP) is 1.58. The van der Waals surface area contributed by atoms with Crippen molar-refractivity contribution in [1.82, 2.24) is 0 Å². The molecule has 6 heteroatoms. The van der Waals surface area contributed by atoms with E-state index in [0.29, 0.717) is 0 Å². The monoisotopic (exact) mass is 260 g/mol. The van der Waals surface area contributed by atoms with Gasteiger partial charge in [0.1, 0.15) is 11.6 Å². The minimum atomic E-state index is -3.24. The Hall–Kier alpha value is -1.30. The summed E-state index contributed by atoms with van der Waals surface area (Å²) >= 11 is 0. The highest BCUT2D eigenvalue weighted by atomic mass is 32.2. The van der Waals surface area contributed by atoms with Gasteiger partial charge in [0, 0.05) is 5.92 Å². The Morgan fingerprint density at radius 1 is 1.24 bits per heavy atom. The van der Waals surface area contributed by atoms with E-state index < -0.39 is 38.7 Å². The van der Waals surface area contributed by atoms with Gasteiger partial charge in [-0.3, -0.25) is 4.79 Å². The van der Waals surface area contributed by atoms with Gasteiger partial charge >= 0.3 is 0 Å². The van der Waals surface area contributed by atoms with Crippen LogP contribution in [-0.2, 0) is 9.84 Å². The zero-order chi connectivity index (χ0) is 12.6. The van der Waals surface area contributed by atoms with E-state index in [-0.39, 0.29) is 17.9 Å². The van der Waals surface area contributed by atoms with E-state index in [0.717, 1.165) is 18.2 Å². The summed E-state index contributed by atoms with van der Waals surface area (Å²) in [6, 6.07) is 3.13. The number of carbonyl (C=O) groups excluding carboxylic acids is 1. The Morgan fingerprint density at radius 2 is 1.82 bits per heavy atom. The van der Waals surface area contributed by atoms with Crippen molar-refractivity contribution in [3.8, 4) is 0 Å². The summed E-state index contributed by atoms with van der Waals surface area (Å²) < 4.78 is 49.1. The van der Waals surface area contributed by atoms with Crippen molar-refractivity contribution in [3.63, 3.8) is 0 Å². The normalized spacial score (nSPS) is 22.6. The Kier molecular flexibility index (Phi) is 2.99. The first kappa shape index (κ1) is 12.2. The van der Waals surface area contributed by atoms with E-state index in [1.165, 1.54) is 0 Å². The fraction of sp³-hybridized carbons (Fsp3) is 0.364. The highest BCUT2D eigenvalue weighted by Crippen LogP contribution is 2.25. The molecule has 0 aliphatic carbocycles. The molecule has 1 aliphatic heterocycles. The molecule has 0 spiro atoms. The van der Waals surface area contributed by atoms with E-state index in [9.17, 15) is 22.0 Å². The van der Waals surface area contributed by atoms with E-state index in [2.05, 4.69) is 0 Å². The van der Waals surface area contributed by atoms with Crippen LogP contribution in [0.15, 0.2) is 18.2 Å².